The SMILES string of the molecule is CC1C2CCC1NC(CC(C(=O)O)(c1ccccc1)c1ccccc1)C2. The van der Waals surface area contributed by atoms with E-state index in [1.54, 1.807) is 0 Å². The molecule has 0 aromatic heterocycles. The maximum atomic E-state index is 12.7. The molecule has 1 aliphatic heterocycles. The number of hydrogen-bond acceptors (Lipinski definition) is 2. The van der Waals surface area contributed by atoms with Crippen LogP contribution in [0.3, 0.4) is 0 Å². The summed E-state index contributed by atoms with van der Waals surface area (Å²) in [5.74, 6) is 0.672. The van der Waals surface area contributed by atoms with Gasteiger partial charge < -0.3 is 10.4 Å². The van der Waals surface area contributed by atoms with Gasteiger partial charge in [0.25, 0.3) is 0 Å². The maximum Gasteiger partial charge on any atom is 0.318 e. The van der Waals surface area contributed by atoms with Crippen LogP contribution in [0.4, 0.5) is 0 Å². The van der Waals surface area contributed by atoms with E-state index in [0.29, 0.717) is 18.4 Å². The zero-order valence-electron chi connectivity index (χ0n) is 15.3. The summed E-state index contributed by atoms with van der Waals surface area (Å²) in [5.41, 5.74) is 0.721. The molecule has 0 amide bonds. The van der Waals surface area contributed by atoms with Gasteiger partial charge in [0.05, 0.1) is 0 Å². The van der Waals surface area contributed by atoms with Gasteiger partial charge in [0.2, 0.25) is 0 Å². The predicted octanol–water partition coefficient (Wildman–Crippen LogP) is 4.22. The molecule has 136 valence electrons. The summed E-state index contributed by atoms with van der Waals surface area (Å²) in [6.07, 6.45) is 4.16. The highest BCUT2D eigenvalue weighted by molar-refractivity contribution is 5.86. The highest BCUT2D eigenvalue weighted by Gasteiger charge is 2.47. The zero-order chi connectivity index (χ0) is 18.1. The second-order valence-electron chi connectivity index (χ2n) is 8.05. The molecule has 1 aliphatic carbocycles. The predicted molar refractivity (Wildman–Crippen MR) is 103 cm³/mol. The Morgan fingerprint density at radius 2 is 1.62 bits per heavy atom. The fraction of sp³-hybridized carbons (Fsp3) is 0.435. The lowest BCUT2D eigenvalue weighted by Gasteiger charge is -2.40. The third-order valence-corrected chi connectivity index (χ3v) is 6.71. The number of hydrogen-bond donors (Lipinski definition) is 2. The summed E-state index contributed by atoms with van der Waals surface area (Å²) >= 11 is 0. The van der Waals surface area contributed by atoms with Gasteiger partial charge in [0.15, 0.2) is 0 Å². The van der Waals surface area contributed by atoms with Gasteiger partial charge in [-0.2, -0.15) is 0 Å². The van der Waals surface area contributed by atoms with Crippen molar-refractivity contribution in [1.82, 2.24) is 5.32 Å². The normalized spacial score (nSPS) is 28.0. The molecule has 1 heterocycles. The van der Waals surface area contributed by atoms with Crippen molar-refractivity contribution in [2.75, 3.05) is 0 Å². The summed E-state index contributed by atoms with van der Waals surface area (Å²) in [5, 5.41) is 14.2. The standard InChI is InChI=1S/C23H27NO2/c1-16-17-12-13-21(16)24-20(14-17)15-23(22(25)26,18-8-4-2-5-9-18)19-10-6-3-7-11-19/h2-11,16-17,20-21,24H,12-15H2,1H3,(H,25,26). The molecule has 26 heavy (non-hydrogen) atoms. The number of carboxylic acid groups (broad SMARTS) is 1. The molecule has 2 aliphatic rings. The molecule has 4 rings (SSSR count). The number of piperidine rings is 1. The maximum absolute atomic E-state index is 12.7. The Bertz CT molecular complexity index is 705. The number of rotatable bonds is 5. The lowest BCUT2D eigenvalue weighted by atomic mass is 9.68. The van der Waals surface area contributed by atoms with Crippen molar-refractivity contribution in [2.45, 2.75) is 50.1 Å². The monoisotopic (exact) mass is 349 g/mol. The van der Waals surface area contributed by atoms with Gasteiger partial charge in [-0.25, -0.2) is 0 Å². The topological polar surface area (TPSA) is 49.3 Å². The van der Waals surface area contributed by atoms with E-state index in [1.165, 1.54) is 12.8 Å². The average molecular weight is 349 g/mol. The molecule has 3 nitrogen and oxygen atoms in total. The fourth-order valence-corrected chi connectivity index (χ4v) is 5.25. The number of carbonyl (C=O) groups is 1. The molecular weight excluding hydrogens is 322 g/mol. The van der Waals surface area contributed by atoms with Crippen LogP contribution in [-0.4, -0.2) is 23.2 Å². The summed E-state index contributed by atoms with van der Waals surface area (Å²) in [6, 6.07) is 20.3. The molecule has 1 saturated carbocycles. The molecule has 2 bridgehead atoms. The number of aliphatic carboxylic acids is 1. The van der Waals surface area contributed by atoms with E-state index in [2.05, 4.69) is 12.2 Å². The minimum Gasteiger partial charge on any atom is -0.480 e. The van der Waals surface area contributed by atoms with Crippen molar-refractivity contribution < 1.29 is 9.90 Å². The van der Waals surface area contributed by atoms with E-state index in [1.807, 2.05) is 60.7 Å². The number of nitrogens with one attached hydrogen (secondary N) is 1. The number of carboxylic acids is 1. The summed E-state index contributed by atoms with van der Waals surface area (Å²) < 4.78 is 0. The molecule has 2 aromatic carbocycles. The minimum atomic E-state index is -1.01. The van der Waals surface area contributed by atoms with Gasteiger partial charge in [-0.15, -0.1) is 0 Å². The van der Waals surface area contributed by atoms with E-state index >= 15 is 0 Å². The Morgan fingerprint density at radius 1 is 1.04 bits per heavy atom. The lowest BCUT2D eigenvalue weighted by molar-refractivity contribution is -0.142. The van der Waals surface area contributed by atoms with Crippen LogP contribution >= 0.6 is 0 Å². The molecule has 3 heteroatoms. The van der Waals surface area contributed by atoms with Gasteiger partial charge in [-0.1, -0.05) is 67.6 Å². The van der Waals surface area contributed by atoms with Crippen LogP contribution in [0.15, 0.2) is 60.7 Å². The van der Waals surface area contributed by atoms with Crippen LogP contribution in [0, 0.1) is 11.8 Å². The summed E-state index contributed by atoms with van der Waals surface area (Å²) in [7, 11) is 0. The highest BCUT2D eigenvalue weighted by Crippen LogP contribution is 2.44. The Hall–Kier alpha value is -2.13. The van der Waals surface area contributed by atoms with Crippen molar-refractivity contribution in [2.24, 2.45) is 11.8 Å². The van der Waals surface area contributed by atoms with Crippen LogP contribution in [0.1, 0.15) is 43.7 Å². The molecular formula is C23H27NO2. The summed E-state index contributed by atoms with van der Waals surface area (Å²) in [4.78, 5) is 12.7. The quantitative estimate of drug-likeness (QED) is 0.849. The first-order valence-electron chi connectivity index (χ1n) is 9.72. The molecule has 4 unspecified atom stereocenters. The Labute approximate surface area is 155 Å². The zero-order valence-corrected chi connectivity index (χ0v) is 15.3. The first-order chi connectivity index (χ1) is 12.6. The minimum absolute atomic E-state index is 0.236. The van der Waals surface area contributed by atoms with E-state index in [0.717, 1.165) is 23.5 Å². The second kappa shape index (κ2) is 6.88. The van der Waals surface area contributed by atoms with Crippen LogP contribution in [-0.2, 0) is 10.2 Å². The average Bonchev–Trinajstić information content (AvgIpc) is 2.88. The third-order valence-electron chi connectivity index (χ3n) is 6.71. The van der Waals surface area contributed by atoms with Crippen LogP contribution in [0.5, 0.6) is 0 Å². The molecule has 1 saturated heterocycles. The van der Waals surface area contributed by atoms with Crippen LogP contribution < -0.4 is 5.32 Å². The van der Waals surface area contributed by atoms with Crippen LogP contribution in [0.25, 0.3) is 0 Å². The first kappa shape index (κ1) is 17.3. The van der Waals surface area contributed by atoms with Gasteiger partial charge in [-0.3, -0.25) is 4.79 Å². The Balaban J connectivity index is 1.75. The second-order valence-corrected chi connectivity index (χ2v) is 8.05. The lowest BCUT2D eigenvalue weighted by Crippen LogP contribution is -2.51. The van der Waals surface area contributed by atoms with Crippen molar-refractivity contribution in [3.63, 3.8) is 0 Å². The van der Waals surface area contributed by atoms with Gasteiger partial charge >= 0.3 is 5.97 Å². The van der Waals surface area contributed by atoms with Crippen molar-refractivity contribution in [3.8, 4) is 0 Å². The third kappa shape index (κ3) is 2.84. The van der Waals surface area contributed by atoms with Gasteiger partial charge in [-0.05, 0) is 48.6 Å². The molecule has 4 atom stereocenters. The largest absolute Gasteiger partial charge is 0.480 e. The van der Waals surface area contributed by atoms with Crippen molar-refractivity contribution in [1.29, 1.82) is 0 Å². The number of benzene rings is 2. The molecule has 2 N–H and O–H groups in total. The molecule has 0 spiro atoms. The summed E-state index contributed by atoms with van der Waals surface area (Å²) in [6.45, 7) is 2.34. The van der Waals surface area contributed by atoms with E-state index in [-0.39, 0.29) is 6.04 Å². The first-order valence-corrected chi connectivity index (χ1v) is 9.72. The number of fused-ring (bicyclic) bond motifs is 2. The molecule has 2 fully saturated rings. The van der Waals surface area contributed by atoms with E-state index < -0.39 is 11.4 Å². The fourth-order valence-electron chi connectivity index (χ4n) is 5.25. The van der Waals surface area contributed by atoms with Crippen molar-refractivity contribution in [3.05, 3.63) is 71.8 Å². The van der Waals surface area contributed by atoms with Gasteiger partial charge in [0, 0.05) is 12.1 Å². The highest BCUT2D eigenvalue weighted by atomic mass is 16.4. The smallest absolute Gasteiger partial charge is 0.318 e. The Kier molecular flexibility index (Phi) is 4.58. The van der Waals surface area contributed by atoms with E-state index in [9.17, 15) is 9.90 Å². The van der Waals surface area contributed by atoms with Crippen LogP contribution in [0.2, 0.25) is 0 Å². The Morgan fingerprint density at radius 3 is 2.12 bits per heavy atom. The van der Waals surface area contributed by atoms with E-state index in [4.69, 9.17) is 0 Å². The molecule has 0 radical (unpaired) electrons. The molecule has 2 aromatic rings. The van der Waals surface area contributed by atoms with Crippen molar-refractivity contribution >= 4 is 5.97 Å². The van der Waals surface area contributed by atoms with Gasteiger partial charge in [0.1, 0.15) is 5.41 Å².